The molecule has 2 atom stereocenters. The second-order valence-corrected chi connectivity index (χ2v) is 12.0. The number of ketones is 2. The number of rotatable bonds is 8. The number of nitrogens with zero attached hydrogens (tertiary/aromatic N) is 4. The van der Waals surface area contributed by atoms with Crippen LogP contribution in [0.1, 0.15) is 78.3 Å². The molecule has 3 aromatic rings. The molecule has 2 aromatic heterocycles. The number of benzene rings is 1. The van der Waals surface area contributed by atoms with Crippen LogP contribution in [0.3, 0.4) is 0 Å². The molecule has 214 valence electrons. The summed E-state index contributed by atoms with van der Waals surface area (Å²) in [5.41, 5.74) is 3.09. The zero-order valence-electron chi connectivity index (χ0n) is 23.2. The van der Waals surface area contributed by atoms with Crippen LogP contribution in [0.4, 0.5) is 13.2 Å². The van der Waals surface area contributed by atoms with E-state index in [2.05, 4.69) is 21.9 Å². The van der Waals surface area contributed by atoms with Gasteiger partial charge in [-0.2, -0.15) is 13.2 Å². The highest BCUT2D eigenvalue weighted by atomic mass is 19.4. The van der Waals surface area contributed by atoms with E-state index in [9.17, 15) is 22.8 Å². The zero-order valence-corrected chi connectivity index (χ0v) is 23.2. The van der Waals surface area contributed by atoms with Gasteiger partial charge in [0.15, 0.2) is 11.4 Å². The molecule has 2 aliphatic carbocycles. The van der Waals surface area contributed by atoms with Crippen molar-refractivity contribution in [2.75, 3.05) is 6.54 Å². The summed E-state index contributed by atoms with van der Waals surface area (Å²) in [6, 6.07) is 5.74. The van der Waals surface area contributed by atoms with Crippen LogP contribution in [0.15, 0.2) is 47.9 Å². The maximum absolute atomic E-state index is 13.5. The van der Waals surface area contributed by atoms with Gasteiger partial charge in [0.25, 0.3) is 0 Å². The normalized spacial score (nSPS) is 24.3. The summed E-state index contributed by atoms with van der Waals surface area (Å²) >= 11 is 0. The molecule has 41 heavy (non-hydrogen) atoms. The number of alkyl halides is 3. The molecule has 0 N–H and O–H groups in total. The van der Waals surface area contributed by atoms with Gasteiger partial charge in [-0.1, -0.05) is 31.2 Å². The molecule has 6 nitrogen and oxygen atoms in total. The van der Waals surface area contributed by atoms with E-state index >= 15 is 0 Å². The molecule has 0 bridgehead atoms. The number of halogens is 3. The van der Waals surface area contributed by atoms with E-state index < -0.39 is 11.9 Å². The highest BCUT2D eigenvalue weighted by Crippen LogP contribution is 2.41. The molecule has 6 rings (SSSR count). The van der Waals surface area contributed by atoms with E-state index in [1.165, 1.54) is 12.3 Å². The van der Waals surface area contributed by atoms with Crippen LogP contribution in [0.5, 0.6) is 0 Å². The fraction of sp³-hybridized carbons (Fsp3) is 0.469. The van der Waals surface area contributed by atoms with E-state index in [0.717, 1.165) is 43.2 Å². The van der Waals surface area contributed by atoms with Crippen molar-refractivity contribution in [3.63, 3.8) is 0 Å². The van der Waals surface area contributed by atoms with Crippen molar-refractivity contribution in [2.24, 2.45) is 28.7 Å². The molecule has 0 radical (unpaired) electrons. The molecule has 0 spiro atoms. The van der Waals surface area contributed by atoms with E-state index in [1.54, 1.807) is 16.8 Å². The van der Waals surface area contributed by atoms with Gasteiger partial charge in [-0.25, -0.2) is 4.98 Å². The van der Waals surface area contributed by atoms with Crippen LogP contribution in [0.2, 0.25) is 0 Å². The lowest BCUT2D eigenvalue weighted by atomic mass is 9.68. The Morgan fingerprint density at radius 2 is 1.88 bits per heavy atom. The van der Waals surface area contributed by atoms with Crippen LogP contribution in [0.25, 0.3) is 11.2 Å². The molecule has 1 aromatic carbocycles. The molecule has 0 amide bonds. The Morgan fingerprint density at radius 1 is 1.07 bits per heavy atom. The number of hydrogen-bond acceptors (Lipinski definition) is 5. The summed E-state index contributed by atoms with van der Waals surface area (Å²) in [6.45, 7) is 4.12. The van der Waals surface area contributed by atoms with Crippen molar-refractivity contribution in [3.05, 3.63) is 70.9 Å². The molecule has 2 fully saturated rings. The van der Waals surface area contributed by atoms with Crippen LogP contribution < -0.4 is 0 Å². The number of aryl methyl sites for hydroxylation is 1. The van der Waals surface area contributed by atoms with Crippen LogP contribution in [-0.2, 0) is 11.2 Å². The largest absolute Gasteiger partial charge is 0.433 e. The maximum Gasteiger partial charge on any atom is 0.433 e. The lowest BCUT2D eigenvalue weighted by Crippen LogP contribution is -2.33. The fourth-order valence-electron chi connectivity index (χ4n) is 6.77. The average molecular weight is 563 g/mol. The van der Waals surface area contributed by atoms with Gasteiger partial charge < -0.3 is 0 Å². The third kappa shape index (κ3) is 5.38. The molecule has 0 unspecified atom stereocenters. The lowest BCUT2D eigenvalue weighted by Gasteiger charge is -2.34. The molecular formula is C32H33F3N4O2. The number of allylic oxidation sites excluding steroid dienone is 1. The first kappa shape index (κ1) is 27.5. The minimum absolute atomic E-state index is 0.0147. The highest BCUT2D eigenvalue weighted by Gasteiger charge is 2.41. The molecule has 3 aliphatic rings. The number of aliphatic imine (C=N–C) groups is 1. The minimum atomic E-state index is -4.54. The van der Waals surface area contributed by atoms with Crippen molar-refractivity contribution in [1.29, 1.82) is 0 Å². The van der Waals surface area contributed by atoms with Gasteiger partial charge >= 0.3 is 6.18 Å². The van der Waals surface area contributed by atoms with Crippen molar-refractivity contribution in [2.45, 2.75) is 65.0 Å². The molecule has 1 aliphatic heterocycles. The van der Waals surface area contributed by atoms with E-state index in [1.807, 2.05) is 25.1 Å². The van der Waals surface area contributed by atoms with Gasteiger partial charge in [0.2, 0.25) is 0 Å². The van der Waals surface area contributed by atoms with E-state index in [0.29, 0.717) is 53.1 Å². The Hall–Kier alpha value is -3.62. The van der Waals surface area contributed by atoms with E-state index in [4.69, 9.17) is 0 Å². The first-order valence-electron chi connectivity index (χ1n) is 14.4. The zero-order chi connectivity index (χ0) is 28.9. The Kier molecular flexibility index (Phi) is 7.16. The lowest BCUT2D eigenvalue weighted by molar-refractivity contribution is -0.124. The smallest absolute Gasteiger partial charge is 0.299 e. The summed E-state index contributed by atoms with van der Waals surface area (Å²) in [6.07, 6.45) is 7.26. The molecule has 9 heteroatoms. The molecule has 3 heterocycles. The number of imidazole rings is 1. The summed E-state index contributed by atoms with van der Waals surface area (Å²) < 4.78 is 42.0. The third-order valence-electron chi connectivity index (χ3n) is 9.02. The van der Waals surface area contributed by atoms with Crippen molar-refractivity contribution < 1.29 is 22.8 Å². The summed E-state index contributed by atoms with van der Waals surface area (Å²) in [5.74, 6) is 1.66. The maximum atomic E-state index is 13.5. The monoisotopic (exact) mass is 562 g/mol. The molecule has 2 saturated carbocycles. The number of aromatic nitrogens is 3. The highest BCUT2D eigenvalue weighted by molar-refractivity contribution is 6.27. The summed E-state index contributed by atoms with van der Waals surface area (Å²) in [4.78, 5) is 38.4. The molecule has 0 saturated heterocycles. The predicted octanol–water partition coefficient (Wildman–Crippen LogP) is 6.63. The standard InChI is InChI=1S/C32H33F3N4O2/c1-18-3-5-22(11-18)28(40)16-21-13-23(14-21)29(41)24-6-4-20(12-19(24)2)15-26-31-38-17-27(39(31)10-9-36-26)25-7-8-37-30(25)32(33,34)35/h4,6-7,9-10,12,17-18,21-23H,3,5,8,11,13-16H2,1-2H3/t18-,21?,22-,23?/m0/s1. The van der Waals surface area contributed by atoms with Crippen molar-refractivity contribution >= 4 is 28.5 Å². The van der Waals surface area contributed by atoms with Crippen LogP contribution in [0, 0.1) is 30.6 Å². The topological polar surface area (TPSA) is 76.7 Å². The Bertz CT molecular complexity index is 1580. The SMILES string of the molecule is Cc1cc(Cc2nccn3c(C4=CCN=C4C(F)(F)F)cnc23)ccc1C(=O)C1CC(CC(=O)[C@H]2CC[C@H](C)C2)C1. The van der Waals surface area contributed by atoms with Crippen molar-refractivity contribution in [1.82, 2.24) is 14.4 Å². The van der Waals surface area contributed by atoms with Crippen LogP contribution in [-0.4, -0.2) is 44.4 Å². The summed E-state index contributed by atoms with van der Waals surface area (Å²) in [5, 5.41) is 0. The van der Waals surface area contributed by atoms with Gasteiger partial charge in [-0.3, -0.25) is 24.0 Å². The van der Waals surface area contributed by atoms with Gasteiger partial charge in [-0.05, 0) is 62.0 Å². The van der Waals surface area contributed by atoms with Gasteiger partial charge in [0, 0.05) is 48.2 Å². The number of carbonyl (C=O) groups excluding carboxylic acids is 2. The second-order valence-electron chi connectivity index (χ2n) is 12.0. The molecular weight excluding hydrogens is 529 g/mol. The van der Waals surface area contributed by atoms with Crippen LogP contribution >= 0.6 is 0 Å². The van der Waals surface area contributed by atoms with Gasteiger partial charge in [0.05, 0.1) is 24.1 Å². The number of fused-ring (bicyclic) bond motifs is 1. The Balaban J connectivity index is 1.12. The second kappa shape index (κ2) is 10.7. The third-order valence-corrected chi connectivity index (χ3v) is 9.02. The minimum Gasteiger partial charge on any atom is -0.299 e. The number of carbonyl (C=O) groups is 2. The Labute approximate surface area is 236 Å². The number of hydrogen-bond donors (Lipinski definition) is 0. The first-order valence-corrected chi connectivity index (χ1v) is 14.4. The summed E-state index contributed by atoms with van der Waals surface area (Å²) in [7, 11) is 0. The predicted molar refractivity (Wildman–Crippen MR) is 150 cm³/mol. The first-order chi connectivity index (χ1) is 19.6. The fourth-order valence-corrected chi connectivity index (χ4v) is 6.77. The van der Waals surface area contributed by atoms with E-state index in [-0.39, 0.29) is 29.7 Å². The van der Waals surface area contributed by atoms with Gasteiger partial charge in [0.1, 0.15) is 11.5 Å². The number of Topliss-reactive ketones (excluding diaryl/α,β-unsaturated/α-hetero) is 2. The van der Waals surface area contributed by atoms with Crippen molar-refractivity contribution in [3.8, 4) is 0 Å². The quantitative estimate of drug-likeness (QED) is 0.289. The van der Waals surface area contributed by atoms with Gasteiger partial charge in [-0.15, -0.1) is 0 Å². The average Bonchev–Trinajstić information content (AvgIpc) is 3.65. The Morgan fingerprint density at radius 3 is 2.59 bits per heavy atom.